The third kappa shape index (κ3) is 2.41. The van der Waals surface area contributed by atoms with Crippen LogP contribution in [0.2, 0.25) is 0 Å². The summed E-state index contributed by atoms with van der Waals surface area (Å²) in [5.41, 5.74) is 1.20. The molecule has 1 unspecified atom stereocenters. The van der Waals surface area contributed by atoms with Crippen molar-refractivity contribution in [3.05, 3.63) is 46.8 Å². The third-order valence-corrected chi connectivity index (χ3v) is 3.69. The molecule has 1 aromatic heterocycles. The van der Waals surface area contributed by atoms with Gasteiger partial charge in [-0.3, -0.25) is 4.79 Å². The maximum atomic E-state index is 13.1. The van der Waals surface area contributed by atoms with Gasteiger partial charge >= 0.3 is 5.97 Å². The van der Waals surface area contributed by atoms with E-state index in [1.165, 1.54) is 17.4 Å². The van der Waals surface area contributed by atoms with Gasteiger partial charge < -0.3 is 5.11 Å². The van der Waals surface area contributed by atoms with Crippen molar-refractivity contribution in [2.45, 2.75) is 12.8 Å². The van der Waals surface area contributed by atoms with Crippen molar-refractivity contribution in [3.8, 4) is 10.4 Å². The summed E-state index contributed by atoms with van der Waals surface area (Å²) in [4.78, 5) is 11.6. The quantitative estimate of drug-likeness (QED) is 0.917. The Balaban J connectivity index is 2.35. The summed E-state index contributed by atoms with van der Waals surface area (Å²) in [6, 6.07) is 5.33. The molecule has 18 heavy (non-hydrogen) atoms. The number of benzene rings is 1. The highest BCUT2D eigenvalue weighted by Crippen LogP contribution is 2.31. The molecule has 2 nitrogen and oxygen atoms in total. The molecule has 1 atom stereocenters. The van der Waals surface area contributed by atoms with Gasteiger partial charge in [-0.05, 0) is 41.6 Å². The Kier molecular flexibility index (Phi) is 3.43. The molecular weight excluding hydrogens is 258 g/mol. The first-order chi connectivity index (χ1) is 8.49. The molecule has 0 bridgehead atoms. The highest BCUT2D eigenvalue weighted by atomic mass is 32.1. The summed E-state index contributed by atoms with van der Waals surface area (Å²) in [7, 11) is 0. The van der Waals surface area contributed by atoms with Crippen molar-refractivity contribution in [1.82, 2.24) is 0 Å². The summed E-state index contributed by atoms with van der Waals surface area (Å²) >= 11 is 1.31. The Hall–Kier alpha value is -1.75. The number of hydrogen-bond donors (Lipinski definition) is 1. The average molecular weight is 268 g/mol. The Labute approximate surface area is 107 Å². The van der Waals surface area contributed by atoms with Crippen molar-refractivity contribution in [3.63, 3.8) is 0 Å². The maximum absolute atomic E-state index is 13.1. The van der Waals surface area contributed by atoms with Crippen molar-refractivity contribution in [1.29, 1.82) is 0 Å². The van der Waals surface area contributed by atoms with Crippen LogP contribution in [0, 0.1) is 11.6 Å². The zero-order valence-corrected chi connectivity index (χ0v) is 10.3. The van der Waals surface area contributed by atoms with E-state index in [-0.39, 0.29) is 0 Å². The second-order valence-corrected chi connectivity index (χ2v) is 4.84. The predicted octanol–water partition coefficient (Wildman–Crippen LogP) is 3.88. The fraction of sp³-hybridized carbons (Fsp3) is 0.154. The van der Waals surface area contributed by atoms with Gasteiger partial charge in [0.25, 0.3) is 0 Å². The fourth-order valence-corrected chi connectivity index (χ4v) is 2.52. The van der Waals surface area contributed by atoms with E-state index in [2.05, 4.69) is 0 Å². The zero-order valence-electron chi connectivity index (χ0n) is 9.48. The minimum absolute atomic E-state index is 0.544. The van der Waals surface area contributed by atoms with Gasteiger partial charge in [0.2, 0.25) is 0 Å². The van der Waals surface area contributed by atoms with Gasteiger partial charge in [-0.25, -0.2) is 8.78 Å². The van der Waals surface area contributed by atoms with E-state index < -0.39 is 23.5 Å². The van der Waals surface area contributed by atoms with Crippen molar-refractivity contribution in [2.24, 2.45) is 0 Å². The normalized spacial score (nSPS) is 12.4. The number of halogens is 2. The molecule has 0 fully saturated rings. The second kappa shape index (κ2) is 4.86. The van der Waals surface area contributed by atoms with Crippen LogP contribution in [0.5, 0.6) is 0 Å². The largest absolute Gasteiger partial charge is 0.481 e. The number of aliphatic carboxylic acids is 1. The van der Waals surface area contributed by atoms with Crippen molar-refractivity contribution >= 4 is 17.3 Å². The van der Waals surface area contributed by atoms with Crippen LogP contribution >= 0.6 is 11.3 Å². The first kappa shape index (κ1) is 12.7. The molecule has 0 spiro atoms. The SMILES string of the molecule is CC(C(=O)O)c1csc(-c2ccc(F)c(F)c2)c1. The van der Waals surface area contributed by atoms with E-state index in [4.69, 9.17) is 5.11 Å². The standard InChI is InChI=1S/C13H10F2O2S/c1-7(13(16)17)9-5-12(18-6-9)8-2-3-10(14)11(15)4-8/h2-7H,1H3,(H,16,17). The number of carboxylic acids is 1. The topological polar surface area (TPSA) is 37.3 Å². The molecule has 1 heterocycles. The number of thiophene rings is 1. The van der Waals surface area contributed by atoms with Crippen molar-refractivity contribution < 1.29 is 18.7 Å². The van der Waals surface area contributed by atoms with Crippen LogP contribution in [-0.4, -0.2) is 11.1 Å². The average Bonchev–Trinajstić information content (AvgIpc) is 2.81. The van der Waals surface area contributed by atoms with Crippen molar-refractivity contribution in [2.75, 3.05) is 0 Å². The van der Waals surface area contributed by atoms with Gasteiger partial charge in [0, 0.05) is 4.88 Å². The molecule has 0 aliphatic carbocycles. The molecule has 0 saturated carbocycles. The lowest BCUT2D eigenvalue weighted by Crippen LogP contribution is -2.05. The minimum Gasteiger partial charge on any atom is -0.481 e. The summed E-state index contributed by atoms with van der Waals surface area (Å²) in [6.45, 7) is 1.58. The van der Waals surface area contributed by atoms with E-state index in [9.17, 15) is 13.6 Å². The molecule has 0 saturated heterocycles. The first-order valence-electron chi connectivity index (χ1n) is 5.25. The zero-order chi connectivity index (χ0) is 13.3. The highest BCUT2D eigenvalue weighted by Gasteiger charge is 2.16. The van der Waals surface area contributed by atoms with Crippen LogP contribution in [0.15, 0.2) is 29.6 Å². The van der Waals surface area contributed by atoms with Gasteiger partial charge in [-0.1, -0.05) is 6.07 Å². The molecule has 1 aromatic carbocycles. The number of hydrogen-bond acceptors (Lipinski definition) is 2. The van der Waals surface area contributed by atoms with Gasteiger partial charge in [0.1, 0.15) is 0 Å². The van der Waals surface area contributed by atoms with Crippen LogP contribution in [0.1, 0.15) is 18.4 Å². The molecule has 0 aliphatic heterocycles. The molecule has 94 valence electrons. The van der Waals surface area contributed by atoms with Crippen LogP contribution in [0.4, 0.5) is 8.78 Å². The van der Waals surface area contributed by atoms with E-state index >= 15 is 0 Å². The number of carboxylic acid groups (broad SMARTS) is 1. The second-order valence-electron chi connectivity index (χ2n) is 3.93. The Morgan fingerprint density at radius 1 is 1.28 bits per heavy atom. The number of carbonyl (C=O) groups is 1. The summed E-state index contributed by atoms with van der Waals surface area (Å²) in [5, 5.41) is 10.6. The van der Waals surface area contributed by atoms with E-state index in [1.54, 1.807) is 18.4 Å². The van der Waals surface area contributed by atoms with Crippen LogP contribution in [0.3, 0.4) is 0 Å². The van der Waals surface area contributed by atoms with Crippen LogP contribution < -0.4 is 0 Å². The van der Waals surface area contributed by atoms with Gasteiger partial charge in [0.05, 0.1) is 5.92 Å². The summed E-state index contributed by atoms with van der Waals surface area (Å²) < 4.78 is 25.9. The Morgan fingerprint density at radius 3 is 2.61 bits per heavy atom. The fourth-order valence-electron chi connectivity index (χ4n) is 1.52. The number of rotatable bonds is 3. The summed E-state index contributed by atoms with van der Waals surface area (Å²) in [6.07, 6.45) is 0. The van der Waals surface area contributed by atoms with Crippen LogP contribution in [0.25, 0.3) is 10.4 Å². The van der Waals surface area contributed by atoms with Gasteiger partial charge in [-0.15, -0.1) is 11.3 Å². The smallest absolute Gasteiger partial charge is 0.310 e. The molecule has 2 aromatic rings. The Morgan fingerprint density at radius 2 is 2.00 bits per heavy atom. The van der Waals surface area contributed by atoms with Crippen LogP contribution in [-0.2, 0) is 4.79 Å². The molecule has 0 aliphatic rings. The molecular formula is C13H10F2O2S. The molecule has 2 rings (SSSR count). The lowest BCUT2D eigenvalue weighted by molar-refractivity contribution is -0.138. The molecule has 5 heteroatoms. The lowest BCUT2D eigenvalue weighted by Gasteiger charge is -2.01. The third-order valence-electron chi connectivity index (χ3n) is 2.69. The van der Waals surface area contributed by atoms with Gasteiger partial charge in [-0.2, -0.15) is 0 Å². The van der Waals surface area contributed by atoms with E-state index in [1.807, 2.05) is 0 Å². The molecule has 1 N–H and O–H groups in total. The molecule has 0 amide bonds. The maximum Gasteiger partial charge on any atom is 0.310 e. The lowest BCUT2D eigenvalue weighted by atomic mass is 10.0. The van der Waals surface area contributed by atoms with E-state index in [0.29, 0.717) is 11.1 Å². The Bertz CT molecular complexity index is 592. The predicted molar refractivity (Wildman–Crippen MR) is 65.7 cm³/mol. The molecule has 0 radical (unpaired) electrons. The summed E-state index contributed by atoms with van der Waals surface area (Å²) in [5.74, 6) is -3.33. The van der Waals surface area contributed by atoms with Gasteiger partial charge in [0.15, 0.2) is 11.6 Å². The highest BCUT2D eigenvalue weighted by molar-refractivity contribution is 7.13. The monoisotopic (exact) mass is 268 g/mol. The first-order valence-corrected chi connectivity index (χ1v) is 6.13. The van der Waals surface area contributed by atoms with E-state index in [0.717, 1.165) is 17.0 Å². The minimum atomic E-state index is -0.912.